The van der Waals surface area contributed by atoms with Gasteiger partial charge in [-0.3, -0.25) is 9.97 Å². The molecule has 0 aliphatic rings. The fourth-order valence-corrected chi connectivity index (χ4v) is 3.16. The van der Waals surface area contributed by atoms with E-state index in [-0.39, 0.29) is 0 Å². The smallest absolute Gasteiger partial charge is 0.180 e. The number of aromatic nitrogens is 4. The summed E-state index contributed by atoms with van der Waals surface area (Å²) in [6.45, 7) is 1.96. The Balaban J connectivity index is 2.06. The molecule has 0 unspecified atom stereocenters. The molecule has 0 saturated carbocycles. The summed E-state index contributed by atoms with van der Waals surface area (Å²) in [6, 6.07) is 0. The van der Waals surface area contributed by atoms with Crippen LogP contribution in [-0.2, 0) is 0 Å². The molecule has 3 aromatic rings. The van der Waals surface area contributed by atoms with Gasteiger partial charge >= 0.3 is 0 Å². The zero-order valence-corrected chi connectivity index (χ0v) is 11.1. The SMILES string of the molecule is Cc1nc(-c2cnccn2)sc1-c1csc(N)n1. The van der Waals surface area contributed by atoms with Crippen LogP contribution < -0.4 is 5.73 Å². The summed E-state index contributed by atoms with van der Waals surface area (Å²) in [6.07, 6.45) is 5.01. The van der Waals surface area contributed by atoms with Crippen LogP contribution in [-0.4, -0.2) is 19.9 Å². The van der Waals surface area contributed by atoms with E-state index in [1.165, 1.54) is 11.3 Å². The van der Waals surface area contributed by atoms with Gasteiger partial charge in [-0.1, -0.05) is 0 Å². The molecule has 0 aliphatic heterocycles. The number of hydrogen-bond donors (Lipinski definition) is 1. The number of anilines is 1. The van der Waals surface area contributed by atoms with Crippen molar-refractivity contribution in [3.8, 4) is 21.3 Å². The fraction of sp³-hybridized carbons (Fsp3) is 0.0909. The molecule has 0 radical (unpaired) electrons. The van der Waals surface area contributed by atoms with Crippen LogP contribution in [0.15, 0.2) is 24.0 Å². The molecular formula is C11H9N5S2. The van der Waals surface area contributed by atoms with Crippen molar-refractivity contribution < 1.29 is 0 Å². The van der Waals surface area contributed by atoms with E-state index < -0.39 is 0 Å². The number of hydrogen-bond acceptors (Lipinski definition) is 7. The van der Waals surface area contributed by atoms with Gasteiger partial charge in [-0.2, -0.15) is 0 Å². The quantitative estimate of drug-likeness (QED) is 0.777. The van der Waals surface area contributed by atoms with Crippen LogP contribution in [0, 0.1) is 6.92 Å². The van der Waals surface area contributed by atoms with Gasteiger partial charge in [-0.15, -0.1) is 22.7 Å². The third kappa shape index (κ3) is 1.98. The monoisotopic (exact) mass is 275 g/mol. The molecule has 90 valence electrons. The number of rotatable bonds is 2. The third-order valence-electron chi connectivity index (χ3n) is 2.33. The van der Waals surface area contributed by atoms with Gasteiger partial charge in [0, 0.05) is 17.8 Å². The number of nitrogen functional groups attached to an aromatic ring is 1. The summed E-state index contributed by atoms with van der Waals surface area (Å²) in [4.78, 5) is 18.1. The summed E-state index contributed by atoms with van der Waals surface area (Å²) in [5.74, 6) is 0. The van der Waals surface area contributed by atoms with E-state index in [9.17, 15) is 0 Å². The average Bonchev–Trinajstić information content (AvgIpc) is 2.97. The van der Waals surface area contributed by atoms with Crippen LogP contribution in [0.25, 0.3) is 21.3 Å². The first-order valence-electron chi connectivity index (χ1n) is 5.19. The maximum Gasteiger partial charge on any atom is 0.180 e. The minimum atomic E-state index is 0.568. The standard InChI is InChI=1S/C11H9N5S2/c1-6-9(8-5-17-11(12)16-8)18-10(15-6)7-4-13-2-3-14-7/h2-5H,1H3,(H2,12,16). The van der Waals surface area contributed by atoms with Crippen molar-refractivity contribution in [1.29, 1.82) is 0 Å². The molecule has 0 fully saturated rings. The maximum atomic E-state index is 5.65. The minimum absolute atomic E-state index is 0.568. The van der Waals surface area contributed by atoms with Crippen LogP contribution in [0.4, 0.5) is 5.13 Å². The normalized spacial score (nSPS) is 10.7. The lowest BCUT2D eigenvalue weighted by molar-refractivity contribution is 1.18. The third-order valence-corrected chi connectivity index (χ3v) is 4.21. The summed E-state index contributed by atoms with van der Waals surface area (Å²) in [7, 11) is 0. The Hall–Kier alpha value is -1.86. The second kappa shape index (κ2) is 4.43. The molecule has 0 amide bonds. The van der Waals surface area contributed by atoms with E-state index >= 15 is 0 Å². The molecule has 0 aliphatic carbocycles. The first-order chi connectivity index (χ1) is 8.74. The highest BCUT2D eigenvalue weighted by Gasteiger charge is 2.14. The molecule has 0 spiro atoms. The van der Waals surface area contributed by atoms with E-state index in [0.29, 0.717) is 5.13 Å². The van der Waals surface area contributed by atoms with E-state index in [1.54, 1.807) is 29.9 Å². The Morgan fingerprint density at radius 3 is 2.72 bits per heavy atom. The molecule has 5 nitrogen and oxygen atoms in total. The number of nitrogens with two attached hydrogens (primary N) is 1. The molecule has 18 heavy (non-hydrogen) atoms. The van der Waals surface area contributed by atoms with Crippen LogP contribution in [0.1, 0.15) is 5.69 Å². The van der Waals surface area contributed by atoms with Gasteiger partial charge < -0.3 is 5.73 Å². The predicted octanol–water partition coefficient (Wildman–Crippen LogP) is 2.61. The molecule has 3 heterocycles. The highest BCUT2D eigenvalue weighted by atomic mass is 32.1. The summed E-state index contributed by atoms with van der Waals surface area (Å²) in [5.41, 5.74) is 8.24. The van der Waals surface area contributed by atoms with Crippen LogP contribution in [0.3, 0.4) is 0 Å². The summed E-state index contributed by atoms with van der Waals surface area (Å²) >= 11 is 2.98. The topological polar surface area (TPSA) is 77.6 Å². The van der Waals surface area contributed by atoms with Crippen LogP contribution >= 0.6 is 22.7 Å². The highest BCUT2D eigenvalue weighted by molar-refractivity contribution is 7.19. The molecule has 7 heteroatoms. The zero-order valence-electron chi connectivity index (χ0n) is 9.49. The van der Waals surface area contributed by atoms with Gasteiger partial charge in [0.1, 0.15) is 10.7 Å². The average molecular weight is 275 g/mol. The Labute approximate surface area is 111 Å². The predicted molar refractivity (Wildman–Crippen MR) is 73.4 cm³/mol. The van der Waals surface area contributed by atoms with Gasteiger partial charge in [0.2, 0.25) is 0 Å². The van der Waals surface area contributed by atoms with Gasteiger partial charge in [-0.25, -0.2) is 9.97 Å². The van der Waals surface area contributed by atoms with Crippen molar-refractivity contribution in [2.24, 2.45) is 0 Å². The maximum absolute atomic E-state index is 5.65. The molecule has 2 N–H and O–H groups in total. The fourth-order valence-electron chi connectivity index (χ4n) is 1.55. The van der Waals surface area contributed by atoms with Crippen molar-refractivity contribution in [2.45, 2.75) is 6.92 Å². The van der Waals surface area contributed by atoms with Gasteiger partial charge in [0.25, 0.3) is 0 Å². The van der Waals surface area contributed by atoms with Crippen molar-refractivity contribution in [1.82, 2.24) is 19.9 Å². The Bertz CT molecular complexity index is 674. The summed E-state index contributed by atoms with van der Waals surface area (Å²) < 4.78 is 0. The van der Waals surface area contributed by atoms with Crippen molar-refractivity contribution in [3.63, 3.8) is 0 Å². The lowest BCUT2D eigenvalue weighted by atomic mass is 10.3. The Morgan fingerprint density at radius 2 is 2.06 bits per heavy atom. The minimum Gasteiger partial charge on any atom is -0.375 e. The Morgan fingerprint density at radius 1 is 1.17 bits per heavy atom. The second-order valence-corrected chi connectivity index (χ2v) is 5.48. The van der Waals surface area contributed by atoms with Crippen LogP contribution in [0.5, 0.6) is 0 Å². The number of aryl methyl sites for hydroxylation is 1. The van der Waals surface area contributed by atoms with Crippen molar-refractivity contribution in [2.75, 3.05) is 5.73 Å². The molecule has 0 bridgehead atoms. The van der Waals surface area contributed by atoms with Gasteiger partial charge in [0.05, 0.1) is 22.5 Å². The first kappa shape index (κ1) is 11.2. The summed E-state index contributed by atoms with van der Waals surface area (Å²) in [5, 5.41) is 3.36. The van der Waals surface area contributed by atoms with E-state index in [4.69, 9.17) is 5.73 Å². The van der Waals surface area contributed by atoms with E-state index in [1.807, 2.05) is 12.3 Å². The van der Waals surface area contributed by atoms with Crippen LogP contribution in [0.2, 0.25) is 0 Å². The van der Waals surface area contributed by atoms with Crippen molar-refractivity contribution in [3.05, 3.63) is 29.7 Å². The molecule has 3 rings (SSSR count). The second-order valence-electron chi connectivity index (χ2n) is 3.60. The first-order valence-corrected chi connectivity index (χ1v) is 6.89. The number of thiazole rings is 2. The Kier molecular flexibility index (Phi) is 2.77. The molecule has 0 atom stereocenters. The van der Waals surface area contributed by atoms with Gasteiger partial charge in [0.15, 0.2) is 5.13 Å². The lowest BCUT2D eigenvalue weighted by Crippen LogP contribution is -1.83. The molecule has 0 saturated heterocycles. The largest absolute Gasteiger partial charge is 0.375 e. The molecular weight excluding hydrogens is 266 g/mol. The van der Waals surface area contributed by atoms with E-state index in [0.717, 1.165) is 27.0 Å². The lowest BCUT2D eigenvalue weighted by Gasteiger charge is -1.91. The molecule has 3 aromatic heterocycles. The highest BCUT2D eigenvalue weighted by Crippen LogP contribution is 2.34. The zero-order chi connectivity index (χ0) is 12.5. The van der Waals surface area contributed by atoms with Gasteiger partial charge in [-0.05, 0) is 6.92 Å². The van der Waals surface area contributed by atoms with E-state index in [2.05, 4.69) is 19.9 Å². The molecule has 0 aromatic carbocycles. The van der Waals surface area contributed by atoms with Crippen molar-refractivity contribution >= 4 is 27.8 Å². The number of nitrogens with zero attached hydrogens (tertiary/aromatic N) is 4.